The number of amides is 1. The highest BCUT2D eigenvalue weighted by atomic mass is 16.3. The van der Waals surface area contributed by atoms with Crippen LogP contribution in [0.15, 0.2) is 36.0 Å². The summed E-state index contributed by atoms with van der Waals surface area (Å²) in [5.41, 5.74) is 2.63. The molecule has 3 saturated heterocycles. The Morgan fingerprint density at radius 1 is 1.09 bits per heavy atom. The van der Waals surface area contributed by atoms with Gasteiger partial charge in [0.05, 0.1) is 11.2 Å². The van der Waals surface area contributed by atoms with Crippen LogP contribution < -0.4 is 10.2 Å². The molecule has 0 radical (unpaired) electrons. The van der Waals surface area contributed by atoms with Gasteiger partial charge in [0.25, 0.3) is 5.91 Å². The van der Waals surface area contributed by atoms with Crippen molar-refractivity contribution < 1.29 is 9.90 Å². The minimum absolute atomic E-state index is 0.0975. The lowest BCUT2D eigenvalue weighted by molar-refractivity contribution is -0.134. The highest BCUT2D eigenvalue weighted by Gasteiger charge is 2.60. The van der Waals surface area contributed by atoms with Crippen LogP contribution in [0.1, 0.15) is 70.0 Å². The van der Waals surface area contributed by atoms with Crippen molar-refractivity contribution in [2.24, 2.45) is 0 Å². The summed E-state index contributed by atoms with van der Waals surface area (Å²) in [5.74, 6) is -0.0975. The predicted molar refractivity (Wildman–Crippen MR) is 125 cm³/mol. The summed E-state index contributed by atoms with van der Waals surface area (Å²) in [4.78, 5) is 20.9. The molecule has 4 fully saturated rings. The van der Waals surface area contributed by atoms with Gasteiger partial charge < -0.3 is 15.3 Å². The second-order valence-electron chi connectivity index (χ2n) is 10.9. The number of carbonyl (C=O) groups excluding carboxylic acids is 1. The van der Waals surface area contributed by atoms with Crippen LogP contribution in [0.25, 0.3) is 0 Å². The fourth-order valence-electron chi connectivity index (χ4n) is 7.36. The SMILES string of the molecule is CN1CC2CC(NC(=O)C3=CN(C4CCCCC4)c4ccccc4C3O)CC3CC1(C)N23. The number of aliphatic hydroxyl groups is 1. The van der Waals surface area contributed by atoms with Crippen molar-refractivity contribution in [3.8, 4) is 0 Å². The number of likely N-dealkylation sites (N-methyl/N-ethyl adjacent to an activating group) is 1. The molecule has 6 nitrogen and oxygen atoms in total. The molecule has 1 amide bonds. The van der Waals surface area contributed by atoms with E-state index in [-0.39, 0.29) is 17.6 Å². The Hall–Kier alpha value is -1.89. The molecule has 1 saturated carbocycles. The fourth-order valence-corrected chi connectivity index (χ4v) is 7.36. The Balaban J connectivity index is 1.22. The van der Waals surface area contributed by atoms with Crippen molar-refractivity contribution in [3.05, 3.63) is 41.6 Å². The van der Waals surface area contributed by atoms with E-state index in [9.17, 15) is 9.90 Å². The quantitative estimate of drug-likeness (QED) is 0.762. The van der Waals surface area contributed by atoms with Crippen LogP contribution in [0, 0.1) is 0 Å². The number of fused-ring (bicyclic) bond motifs is 1. The number of anilines is 1. The van der Waals surface area contributed by atoms with E-state index in [1.807, 2.05) is 24.4 Å². The summed E-state index contributed by atoms with van der Waals surface area (Å²) in [6, 6.07) is 9.71. The van der Waals surface area contributed by atoms with Crippen LogP contribution >= 0.6 is 0 Å². The van der Waals surface area contributed by atoms with Crippen LogP contribution in [0.2, 0.25) is 0 Å². The van der Waals surface area contributed by atoms with Crippen LogP contribution in [0.5, 0.6) is 0 Å². The number of nitrogens with one attached hydrogen (secondary N) is 1. The average molecular weight is 437 g/mol. The number of hydrogen-bond donors (Lipinski definition) is 2. The highest BCUT2D eigenvalue weighted by Crippen LogP contribution is 2.50. The molecule has 32 heavy (non-hydrogen) atoms. The first kappa shape index (κ1) is 20.7. The first-order valence-corrected chi connectivity index (χ1v) is 12.5. The number of nitrogens with zero attached hydrogens (tertiary/aromatic N) is 3. The summed E-state index contributed by atoms with van der Waals surface area (Å²) in [7, 11) is 2.22. The Kier molecular flexibility index (Phi) is 4.90. The molecule has 6 heteroatoms. The van der Waals surface area contributed by atoms with Gasteiger partial charge in [0, 0.05) is 48.2 Å². The summed E-state index contributed by atoms with van der Waals surface area (Å²) < 4.78 is 0. The molecule has 2 N–H and O–H groups in total. The molecular weight excluding hydrogens is 400 g/mol. The van der Waals surface area contributed by atoms with E-state index in [0.717, 1.165) is 43.5 Å². The second-order valence-corrected chi connectivity index (χ2v) is 10.9. The van der Waals surface area contributed by atoms with Gasteiger partial charge in [-0.3, -0.25) is 14.6 Å². The minimum atomic E-state index is -0.865. The third kappa shape index (κ3) is 3.06. The number of rotatable bonds is 3. The third-order valence-corrected chi connectivity index (χ3v) is 9.03. The van der Waals surface area contributed by atoms with Crippen molar-refractivity contribution in [3.63, 3.8) is 0 Å². The summed E-state index contributed by atoms with van der Waals surface area (Å²) in [5, 5.41) is 14.5. The van der Waals surface area contributed by atoms with Crippen LogP contribution in [0.3, 0.4) is 0 Å². The molecule has 1 aromatic rings. The largest absolute Gasteiger partial charge is 0.383 e. The second kappa shape index (κ2) is 7.57. The van der Waals surface area contributed by atoms with Crippen molar-refractivity contribution in [2.75, 3.05) is 18.5 Å². The number of hydrogen-bond acceptors (Lipinski definition) is 5. The summed E-state index contributed by atoms with van der Waals surface area (Å²) in [6.45, 7) is 3.43. The molecule has 5 atom stereocenters. The van der Waals surface area contributed by atoms with E-state index in [1.54, 1.807) is 0 Å². The Morgan fingerprint density at radius 2 is 1.84 bits per heavy atom. The third-order valence-electron chi connectivity index (χ3n) is 9.03. The van der Waals surface area contributed by atoms with Crippen molar-refractivity contribution >= 4 is 11.6 Å². The van der Waals surface area contributed by atoms with Gasteiger partial charge in [-0.25, -0.2) is 0 Å². The van der Waals surface area contributed by atoms with E-state index >= 15 is 0 Å². The lowest BCUT2D eigenvalue weighted by atomic mass is 9.78. The number of aliphatic hydroxyl groups excluding tert-OH is 1. The molecule has 1 aliphatic carbocycles. The number of piperidine rings is 1. The fraction of sp³-hybridized carbons (Fsp3) is 0.654. The van der Waals surface area contributed by atoms with Gasteiger partial charge in [-0.15, -0.1) is 0 Å². The van der Waals surface area contributed by atoms with Gasteiger partial charge in [0.1, 0.15) is 6.10 Å². The zero-order valence-electron chi connectivity index (χ0n) is 19.3. The Labute approximate surface area is 191 Å². The molecule has 172 valence electrons. The van der Waals surface area contributed by atoms with E-state index in [1.165, 1.54) is 25.7 Å². The van der Waals surface area contributed by atoms with E-state index < -0.39 is 6.10 Å². The Bertz CT molecular complexity index is 942. The monoisotopic (exact) mass is 436 g/mol. The molecule has 1 aromatic carbocycles. The highest BCUT2D eigenvalue weighted by molar-refractivity contribution is 5.96. The molecular formula is C26H36N4O2. The molecule has 0 spiro atoms. The predicted octanol–water partition coefficient (Wildman–Crippen LogP) is 3.14. The van der Waals surface area contributed by atoms with Gasteiger partial charge >= 0.3 is 0 Å². The van der Waals surface area contributed by atoms with Gasteiger partial charge in [-0.1, -0.05) is 37.5 Å². The average Bonchev–Trinajstić information content (AvgIpc) is 3.01. The van der Waals surface area contributed by atoms with Gasteiger partial charge in [0.15, 0.2) is 0 Å². The zero-order valence-corrected chi connectivity index (χ0v) is 19.3. The summed E-state index contributed by atoms with van der Waals surface area (Å²) in [6.07, 6.45) is 10.3. The van der Waals surface area contributed by atoms with E-state index in [0.29, 0.717) is 23.7 Å². The van der Waals surface area contributed by atoms with Crippen LogP contribution in [0.4, 0.5) is 5.69 Å². The minimum Gasteiger partial charge on any atom is -0.383 e. The van der Waals surface area contributed by atoms with Gasteiger partial charge in [-0.2, -0.15) is 0 Å². The lowest BCUT2D eigenvalue weighted by Crippen LogP contribution is -2.70. The lowest BCUT2D eigenvalue weighted by Gasteiger charge is -2.59. The molecule has 5 aliphatic rings. The topological polar surface area (TPSA) is 59.1 Å². The van der Waals surface area contributed by atoms with Crippen LogP contribution in [-0.4, -0.2) is 64.2 Å². The van der Waals surface area contributed by atoms with Crippen LogP contribution in [-0.2, 0) is 4.79 Å². The maximum absolute atomic E-state index is 13.5. The Morgan fingerprint density at radius 3 is 2.66 bits per heavy atom. The molecule has 5 unspecified atom stereocenters. The normalized spacial score (nSPS) is 37.3. The number of benzene rings is 1. The van der Waals surface area contributed by atoms with Crippen molar-refractivity contribution in [1.82, 2.24) is 15.1 Å². The first-order valence-electron chi connectivity index (χ1n) is 12.5. The first-order chi connectivity index (χ1) is 15.5. The number of carbonyl (C=O) groups is 1. The standard InChI is InChI=1S/C26H36N4O2/c1-26-14-19-12-17(13-20(30(19)26)15-28(26)2)27-25(32)22-16-29(18-8-4-3-5-9-18)23-11-7-6-10-21(23)24(22)31/h6-7,10-11,16-20,24,31H,3-5,8-9,12-15H2,1-2H3,(H,27,32). The van der Waals surface area contributed by atoms with E-state index in [2.05, 4.69) is 40.1 Å². The molecule has 0 bridgehead atoms. The molecule has 4 aliphatic heterocycles. The molecule has 0 aromatic heterocycles. The maximum atomic E-state index is 13.5. The van der Waals surface area contributed by atoms with Crippen molar-refractivity contribution in [2.45, 2.75) is 94.2 Å². The van der Waals surface area contributed by atoms with Gasteiger partial charge in [0.2, 0.25) is 0 Å². The smallest absolute Gasteiger partial charge is 0.251 e. The zero-order chi connectivity index (χ0) is 22.0. The van der Waals surface area contributed by atoms with Gasteiger partial charge in [-0.05, 0) is 52.1 Å². The summed E-state index contributed by atoms with van der Waals surface area (Å²) >= 11 is 0. The molecule has 6 rings (SSSR count). The maximum Gasteiger partial charge on any atom is 0.251 e. The van der Waals surface area contributed by atoms with E-state index in [4.69, 9.17) is 0 Å². The molecule has 4 heterocycles. The van der Waals surface area contributed by atoms with Crippen molar-refractivity contribution in [1.29, 1.82) is 0 Å². The number of para-hydroxylation sites is 1.